The number of rotatable bonds is 6. The molecule has 0 aromatic heterocycles. The Balaban J connectivity index is 3.74. The molecule has 0 heterocycles. The third kappa shape index (κ3) is 6.58. The van der Waals surface area contributed by atoms with Gasteiger partial charge in [-0.25, -0.2) is 0 Å². The van der Waals surface area contributed by atoms with Gasteiger partial charge >= 0.3 is 0 Å². The van der Waals surface area contributed by atoms with Crippen molar-refractivity contribution in [1.29, 1.82) is 0 Å². The van der Waals surface area contributed by atoms with E-state index < -0.39 is 25.0 Å². The topological polar surface area (TPSA) is 27.7 Å². The van der Waals surface area contributed by atoms with Gasteiger partial charge in [0.15, 0.2) is 11.5 Å². The molecule has 1 aromatic rings. The standard InChI is InChI=1S/C24H46BrClO3Si3/c1-22(2,3)30(10,11)27-17-16-18(28-31(12,13)23(4,5)6)21(20(26)19(17)25)29-32(14,15)24(7,8)9/h16H,1-15H3. The van der Waals surface area contributed by atoms with E-state index in [2.05, 4.69) is 118 Å². The van der Waals surface area contributed by atoms with Crippen LogP contribution in [0.3, 0.4) is 0 Å². The summed E-state index contributed by atoms with van der Waals surface area (Å²) in [5, 5.41) is 0.671. The first-order chi connectivity index (χ1) is 13.8. The van der Waals surface area contributed by atoms with Crippen molar-refractivity contribution in [1.82, 2.24) is 0 Å². The highest BCUT2D eigenvalue weighted by atomic mass is 79.9. The molecular weight excluding hydrogens is 536 g/mol. The van der Waals surface area contributed by atoms with Crippen molar-refractivity contribution < 1.29 is 13.3 Å². The average Bonchev–Trinajstić information content (AvgIpc) is 2.52. The second-order valence-corrected chi connectivity index (χ2v) is 28.8. The van der Waals surface area contributed by atoms with Crippen LogP contribution in [0.25, 0.3) is 0 Å². The van der Waals surface area contributed by atoms with Crippen LogP contribution >= 0.6 is 27.5 Å². The zero-order chi connectivity index (χ0) is 25.7. The minimum Gasteiger partial charge on any atom is -0.543 e. The summed E-state index contributed by atoms with van der Waals surface area (Å²) in [6, 6.07) is 2.00. The Morgan fingerprint density at radius 1 is 0.625 bits per heavy atom. The van der Waals surface area contributed by atoms with Crippen LogP contribution in [-0.2, 0) is 0 Å². The molecule has 0 radical (unpaired) electrons. The highest BCUT2D eigenvalue weighted by molar-refractivity contribution is 9.10. The van der Waals surface area contributed by atoms with Gasteiger partial charge in [-0.1, -0.05) is 73.9 Å². The molecule has 32 heavy (non-hydrogen) atoms. The molecule has 0 amide bonds. The summed E-state index contributed by atoms with van der Waals surface area (Å²) in [5.41, 5.74) is 0. The lowest BCUT2D eigenvalue weighted by molar-refractivity contribution is 0.434. The molecule has 1 rings (SSSR count). The van der Waals surface area contributed by atoms with E-state index in [0.717, 1.165) is 10.2 Å². The first-order valence-electron chi connectivity index (χ1n) is 11.4. The zero-order valence-corrected chi connectivity index (χ0v) is 28.4. The first kappa shape index (κ1) is 30.1. The molecular formula is C24H46BrClO3Si3. The van der Waals surface area contributed by atoms with E-state index in [1.807, 2.05) is 6.07 Å². The van der Waals surface area contributed by atoms with Crippen LogP contribution in [0.5, 0.6) is 17.2 Å². The number of hydrogen-bond acceptors (Lipinski definition) is 3. The van der Waals surface area contributed by atoms with Crippen LogP contribution in [0.4, 0.5) is 0 Å². The van der Waals surface area contributed by atoms with Gasteiger partial charge < -0.3 is 13.3 Å². The molecule has 3 nitrogen and oxygen atoms in total. The minimum absolute atomic E-state index is 0.0351. The molecule has 0 unspecified atom stereocenters. The average molecular weight is 582 g/mol. The summed E-state index contributed by atoms with van der Waals surface area (Å²) in [4.78, 5) is 0. The molecule has 0 aliphatic carbocycles. The highest BCUT2D eigenvalue weighted by Gasteiger charge is 2.44. The van der Waals surface area contributed by atoms with Gasteiger partial charge in [-0.3, -0.25) is 0 Å². The molecule has 0 aliphatic rings. The largest absolute Gasteiger partial charge is 0.543 e. The summed E-state index contributed by atoms with van der Waals surface area (Å²) in [6.45, 7) is 33.5. The van der Waals surface area contributed by atoms with E-state index >= 15 is 0 Å². The SMILES string of the molecule is CC(C)(C)[Si](C)(C)Oc1cc(O[Si](C)(C)C(C)(C)C)c(O[Si](C)(C)C(C)(C)C)c(Cl)c1Br. The van der Waals surface area contributed by atoms with E-state index in [1.54, 1.807) is 0 Å². The number of hydrogen-bond donors (Lipinski definition) is 0. The maximum atomic E-state index is 6.97. The first-order valence-corrected chi connectivity index (χ1v) is 21.3. The maximum Gasteiger partial charge on any atom is 0.250 e. The van der Waals surface area contributed by atoms with Gasteiger partial charge in [0.25, 0.3) is 25.0 Å². The molecule has 186 valence electrons. The Morgan fingerprint density at radius 3 is 1.28 bits per heavy atom. The molecule has 0 aliphatic heterocycles. The third-order valence-corrected chi connectivity index (χ3v) is 22.0. The van der Waals surface area contributed by atoms with Crippen molar-refractivity contribution in [3.05, 3.63) is 15.6 Å². The van der Waals surface area contributed by atoms with Gasteiger partial charge in [0.05, 0.1) is 4.47 Å². The minimum atomic E-state index is -2.15. The summed E-state index contributed by atoms with van der Waals surface area (Å²) >= 11 is 10.7. The second-order valence-electron chi connectivity index (χ2n) is 13.4. The lowest BCUT2D eigenvalue weighted by Crippen LogP contribution is -2.46. The Morgan fingerprint density at radius 2 is 0.938 bits per heavy atom. The fourth-order valence-corrected chi connectivity index (χ4v) is 5.93. The maximum absolute atomic E-state index is 6.97. The quantitative estimate of drug-likeness (QED) is 0.313. The van der Waals surface area contributed by atoms with Gasteiger partial charge in [0, 0.05) is 6.07 Å². The summed E-state index contributed by atoms with van der Waals surface area (Å²) in [7, 11) is -6.37. The van der Waals surface area contributed by atoms with Crippen molar-refractivity contribution in [3.63, 3.8) is 0 Å². The lowest BCUT2D eigenvalue weighted by atomic mass is 10.2. The third-order valence-electron chi connectivity index (χ3n) is 7.60. The van der Waals surface area contributed by atoms with Crippen molar-refractivity contribution in [2.24, 2.45) is 0 Å². The molecule has 0 spiro atoms. The number of halogens is 2. The van der Waals surface area contributed by atoms with Gasteiger partial charge in [-0.2, -0.15) is 0 Å². The van der Waals surface area contributed by atoms with Crippen LogP contribution in [0, 0.1) is 0 Å². The van der Waals surface area contributed by atoms with Gasteiger partial charge in [-0.05, 0) is 70.3 Å². The fraction of sp³-hybridized carbons (Fsp3) is 0.750. The van der Waals surface area contributed by atoms with Crippen LogP contribution in [0.2, 0.25) is 59.4 Å². The van der Waals surface area contributed by atoms with Crippen molar-refractivity contribution in [2.45, 2.75) is 117 Å². The Kier molecular flexibility index (Phi) is 8.69. The van der Waals surface area contributed by atoms with Crippen molar-refractivity contribution in [2.75, 3.05) is 0 Å². The molecule has 0 fully saturated rings. The second kappa shape index (κ2) is 9.25. The van der Waals surface area contributed by atoms with E-state index in [4.69, 9.17) is 24.9 Å². The van der Waals surface area contributed by atoms with Crippen LogP contribution in [0.1, 0.15) is 62.3 Å². The van der Waals surface area contributed by atoms with E-state index in [0.29, 0.717) is 16.5 Å². The molecule has 0 saturated heterocycles. The normalized spacial score (nSPS) is 14.4. The van der Waals surface area contributed by atoms with Crippen LogP contribution in [-0.4, -0.2) is 25.0 Å². The van der Waals surface area contributed by atoms with Crippen LogP contribution in [0.15, 0.2) is 10.5 Å². The van der Waals surface area contributed by atoms with E-state index in [9.17, 15) is 0 Å². The molecule has 1 aromatic carbocycles. The Bertz CT molecular complexity index is 833. The monoisotopic (exact) mass is 580 g/mol. The fourth-order valence-electron chi connectivity index (χ4n) is 2.07. The Hall–Kier alpha value is 0.0406. The Labute approximate surface area is 214 Å². The summed E-state index contributed by atoms with van der Waals surface area (Å²) in [5.74, 6) is 2.07. The van der Waals surface area contributed by atoms with Crippen molar-refractivity contribution in [3.8, 4) is 17.2 Å². The summed E-state index contributed by atoms with van der Waals surface area (Å²) in [6.07, 6.45) is 0. The highest BCUT2D eigenvalue weighted by Crippen LogP contribution is 2.52. The van der Waals surface area contributed by atoms with Crippen LogP contribution < -0.4 is 13.3 Å². The molecule has 0 atom stereocenters. The summed E-state index contributed by atoms with van der Waals surface area (Å²) < 4.78 is 21.0. The van der Waals surface area contributed by atoms with E-state index in [1.165, 1.54) is 0 Å². The zero-order valence-electron chi connectivity index (χ0n) is 23.1. The molecule has 0 saturated carbocycles. The van der Waals surface area contributed by atoms with Crippen molar-refractivity contribution >= 4 is 52.5 Å². The predicted molar refractivity (Wildman–Crippen MR) is 153 cm³/mol. The molecule has 8 heteroatoms. The number of benzene rings is 1. The predicted octanol–water partition coefficient (Wildman–Crippen LogP) is 10.3. The van der Waals surface area contributed by atoms with Gasteiger partial charge in [-0.15, -0.1) is 0 Å². The smallest absolute Gasteiger partial charge is 0.250 e. The molecule has 0 N–H and O–H groups in total. The lowest BCUT2D eigenvalue weighted by Gasteiger charge is -2.41. The van der Waals surface area contributed by atoms with E-state index in [-0.39, 0.29) is 15.1 Å². The van der Waals surface area contributed by atoms with Gasteiger partial charge in [0.1, 0.15) is 10.8 Å². The van der Waals surface area contributed by atoms with Gasteiger partial charge in [0.2, 0.25) is 0 Å². The molecule has 0 bridgehead atoms.